The van der Waals surface area contributed by atoms with Crippen LogP contribution in [0.3, 0.4) is 0 Å². The molecule has 0 spiro atoms. The lowest BCUT2D eigenvalue weighted by molar-refractivity contribution is 0.569. The van der Waals surface area contributed by atoms with Gasteiger partial charge in [-0.15, -0.1) is 0 Å². The Bertz CT molecular complexity index is 465. The number of anilines is 1. The van der Waals surface area contributed by atoms with Gasteiger partial charge in [0.15, 0.2) is 12.2 Å². The van der Waals surface area contributed by atoms with Crippen LogP contribution in [0.5, 0.6) is 0 Å². The van der Waals surface area contributed by atoms with Crippen molar-refractivity contribution in [2.45, 2.75) is 20.3 Å². The summed E-state index contributed by atoms with van der Waals surface area (Å²) in [5.74, 6) is 1.05. The normalized spacial score (nSPS) is 10.5. The molecule has 0 saturated heterocycles. The summed E-state index contributed by atoms with van der Waals surface area (Å²) in [7, 11) is 0. The Balaban J connectivity index is 2.55. The van der Waals surface area contributed by atoms with E-state index in [1.807, 2.05) is 13.8 Å². The van der Waals surface area contributed by atoms with E-state index in [1.165, 1.54) is 6.39 Å². The number of nitrogens with zero attached hydrogens (tertiary/aromatic N) is 3. The van der Waals surface area contributed by atoms with E-state index in [4.69, 9.17) is 10.2 Å². The summed E-state index contributed by atoms with van der Waals surface area (Å²) in [4.78, 5) is 12.5. The Labute approximate surface area is 87.4 Å². The fourth-order valence-corrected chi connectivity index (χ4v) is 1.40. The lowest BCUT2D eigenvalue weighted by atomic mass is 10.2. The summed E-state index contributed by atoms with van der Waals surface area (Å²) >= 11 is 0. The first kappa shape index (κ1) is 9.64. The van der Waals surface area contributed by atoms with E-state index in [-0.39, 0.29) is 0 Å². The zero-order chi connectivity index (χ0) is 10.8. The summed E-state index contributed by atoms with van der Waals surface area (Å²) in [6, 6.07) is 0. The number of aromatic nitrogens is 3. The highest BCUT2D eigenvalue weighted by Gasteiger charge is 2.11. The molecule has 0 aliphatic carbocycles. The molecule has 0 aliphatic rings. The summed E-state index contributed by atoms with van der Waals surface area (Å²) in [5.41, 5.74) is 8.05. The van der Waals surface area contributed by atoms with Crippen LogP contribution in [0.4, 0.5) is 5.82 Å². The van der Waals surface area contributed by atoms with Gasteiger partial charge in [-0.05, 0) is 13.3 Å². The molecule has 0 bridgehead atoms. The molecule has 15 heavy (non-hydrogen) atoms. The molecule has 0 fully saturated rings. The minimum atomic E-state index is 0.453. The third-order valence-corrected chi connectivity index (χ3v) is 2.17. The zero-order valence-corrected chi connectivity index (χ0v) is 8.69. The molecule has 2 N–H and O–H groups in total. The van der Waals surface area contributed by atoms with Crippen molar-refractivity contribution in [3.05, 3.63) is 24.0 Å². The van der Waals surface area contributed by atoms with Gasteiger partial charge in [0, 0.05) is 0 Å². The van der Waals surface area contributed by atoms with Gasteiger partial charge in [0.05, 0.1) is 17.6 Å². The molecule has 2 aromatic rings. The predicted molar refractivity (Wildman–Crippen MR) is 56.1 cm³/mol. The molecular weight excluding hydrogens is 192 g/mol. The Morgan fingerprint density at radius 2 is 2.20 bits per heavy atom. The molecule has 2 heterocycles. The van der Waals surface area contributed by atoms with Crippen LogP contribution in [0, 0.1) is 6.92 Å². The van der Waals surface area contributed by atoms with Gasteiger partial charge in [0.1, 0.15) is 11.5 Å². The first-order chi connectivity index (χ1) is 7.22. The molecule has 0 aliphatic heterocycles. The molecule has 0 aromatic carbocycles. The first-order valence-corrected chi connectivity index (χ1v) is 4.74. The number of rotatable bonds is 2. The van der Waals surface area contributed by atoms with Crippen LogP contribution in [-0.4, -0.2) is 15.0 Å². The van der Waals surface area contributed by atoms with E-state index in [9.17, 15) is 0 Å². The number of nitrogens with two attached hydrogens (primary N) is 1. The van der Waals surface area contributed by atoms with E-state index < -0.39 is 0 Å². The quantitative estimate of drug-likeness (QED) is 0.803. The van der Waals surface area contributed by atoms with Crippen LogP contribution < -0.4 is 5.73 Å². The van der Waals surface area contributed by atoms with E-state index in [0.717, 1.165) is 17.8 Å². The molecule has 78 valence electrons. The van der Waals surface area contributed by atoms with Gasteiger partial charge in [0.25, 0.3) is 0 Å². The number of nitrogen functional groups attached to an aromatic ring is 1. The van der Waals surface area contributed by atoms with Crippen LogP contribution in [-0.2, 0) is 6.42 Å². The Hall–Kier alpha value is -1.91. The fourth-order valence-electron chi connectivity index (χ4n) is 1.40. The van der Waals surface area contributed by atoms with Crippen molar-refractivity contribution in [2.24, 2.45) is 0 Å². The third kappa shape index (κ3) is 1.68. The van der Waals surface area contributed by atoms with Crippen molar-refractivity contribution in [1.82, 2.24) is 15.0 Å². The molecule has 2 rings (SSSR count). The van der Waals surface area contributed by atoms with Gasteiger partial charge in [0.2, 0.25) is 0 Å². The monoisotopic (exact) mass is 204 g/mol. The van der Waals surface area contributed by atoms with Crippen LogP contribution in [0.2, 0.25) is 0 Å². The lowest BCUT2D eigenvalue weighted by Crippen LogP contribution is -2.04. The number of hydrogen-bond donors (Lipinski definition) is 1. The van der Waals surface area contributed by atoms with Gasteiger partial charge in [-0.2, -0.15) is 0 Å². The average Bonchev–Trinajstić information content (AvgIpc) is 2.74. The van der Waals surface area contributed by atoms with E-state index in [0.29, 0.717) is 17.3 Å². The Morgan fingerprint density at radius 3 is 2.80 bits per heavy atom. The smallest absolute Gasteiger partial charge is 0.181 e. The summed E-state index contributed by atoms with van der Waals surface area (Å²) in [5, 5.41) is 0. The molecule has 2 aromatic heterocycles. The number of aryl methyl sites for hydroxylation is 2. The topological polar surface area (TPSA) is 77.8 Å². The minimum absolute atomic E-state index is 0.453. The second-order valence-electron chi connectivity index (χ2n) is 3.21. The molecule has 0 amide bonds. The average molecular weight is 204 g/mol. The van der Waals surface area contributed by atoms with Gasteiger partial charge in [-0.1, -0.05) is 6.92 Å². The standard InChI is InChI=1S/C10H12N4O/c1-3-7-10(11)14-9(6(2)13-7)8-4-12-5-15-8/h4-5H,3H2,1-2H3,(H2,11,14). The Kier molecular flexibility index (Phi) is 2.37. The summed E-state index contributed by atoms with van der Waals surface area (Å²) in [6.45, 7) is 3.87. The largest absolute Gasteiger partial charge is 0.442 e. The number of hydrogen-bond acceptors (Lipinski definition) is 5. The highest BCUT2D eigenvalue weighted by molar-refractivity contribution is 5.57. The highest BCUT2D eigenvalue weighted by Crippen LogP contribution is 2.21. The minimum Gasteiger partial charge on any atom is -0.442 e. The van der Waals surface area contributed by atoms with Crippen molar-refractivity contribution in [3.8, 4) is 11.5 Å². The number of oxazole rings is 1. The van der Waals surface area contributed by atoms with Crippen molar-refractivity contribution < 1.29 is 4.42 Å². The van der Waals surface area contributed by atoms with Gasteiger partial charge in [-0.25, -0.2) is 9.97 Å². The van der Waals surface area contributed by atoms with Crippen molar-refractivity contribution in [2.75, 3.05) is 5.73 Å². The van der Waals surface area contributed by atoms with Crippen molar-refractivity contribution >= 4 is 5.82 Å². The zero-order valence-electron chi connectivity index (χ0n) is 8.69. The second kappa shape index (κ2) is 3.68. The molecule has 5 heteroatoms. The van der Waals surface area contributed by atoms with Gasteiger partial charge >= 0.3 is 0 Å². The fraction of sp³-hybridized carbons (Fsp3) is 0.300. The summed E-state index contributed by atoms with van der Waals surface area (Å²) in [6.07, 6.45) is 3.73. The molecule has 0 atom stereocenters. The highest BCUT2D eigenvalue weighted by atomic mass is 16.3. The van der Waals surface area contributed by atoms with Gasteiger partial charge in [-0.3, -0.25) is 4.98 Å². The predicted octanol–water partition coefficient (Wildman–Crippen LogP) is 1.58. The maximum absolute atomic E-state index is 5.77. The maximum Gasteiger partial charge on any atom is 0.181 e. The molecule has 0 unspecified atom stereocenters. The van der Waals surface area contributed by atoms with E-state index >= 15 is 0 Å². The van der Waals surface area contributed by atoms with Crippen LogP contribution in [0.25, 0.3) is 11.5 Å². The van der Waals surface area contributed by atoms with E-state index in [2.05, 4.69) is 15.0 Å². The third-order valence-electron chi connectivity index (χ3n) is 2.17. The molecular formula is C10H12N4O. The maximum atomic E-state index is 5.77. The summed E-state index contributed by atoms with van der Waals surface area (Å²) < 4.78 is 5.16. The van der Waals surface area contributed by atoms with Crippen LogP contribution in [0.1, 0.15) is 18.3 Å². The SMILES string of the molecule is CCc1nc(C)c(-c2cnco2)nc1N. The van der Waals surface area contributed by atoms with Crippen LogP contribution in [0.15, 0.2) is 17.0 Å². The molecule has 0 saturated carbocycles. The molecule has 5 nitrogen and oxygen atoms in total. The Morgan fingerprint density at radius 1 is 1.40 bits per heavy atom. The van der Waals surface area contributed by atoms with Gasteiger partial charge < -0.3 is 10.2 Å². The van der Waals surface area contributed by atoms with E-state index in [1.54, 1.807) is 6.20 Å². The van der Waals surface area contributed by atoms with Crippen molar-refractivity contribution in [1.29, 1.82) is 0 Å². The van der Waals surface area contributed by atoms with Crippen LogP contribution >= 0.6 is 0 Å². The second-order valence-corrected chi connectivity index (χ2v) is 3.21. The lowest BCUT2D eigenvalue weighted by Gasteiger charge is -2.06. The molecule has 0 radical (unpaired) electrons. The first-order valence-electron chi connectivity index (χ1n) is 4.74. The van der Waals surface area contributed by atoms with Crippen molar-refractivity contribution in [3.63, 3.8) is 0 Å².